The van der Waals surface area contributed by atoms with Crippen LogP contribution in [0.2, 0.25) is 0 Å². The summed E-state index contributed by atoms with van der Waals surface area (Å²) in [4.78, 5) is 8.28. The van der Waals surface area contributed by atoms with Crippen molar-refractivity contribution >= 4 is 33.4 Å². The fourth-order valence-electron chi connectivity index (χ4n) is 1.91. The molecule has 3 aromatic rings. The molecular formula is C12H10N4O. The summed E-state index contributed by atoms with van der Waals surface area (Å²) in [6, 6.07) is 8.63. The number of hydrogen-bond acceptors (Lipinski definition) is 5. The second-order valence-corrected chi connectivity index (χ2v) is 3.83. The van der Waals surface area contributed by atoms with E-state index in [-0.39, 0.29) is 5.75 Å². The van der Waals surface area contributed by atoms with Gasteiger partial charge in [0.15, 0.2) is 0 Å². The van der Waals surface area contributed by atoms with Crippen molar-refractivity contribution in [2.24, 2.45) is 0 Å². The predicted octanol–water partition coefficient (Wildman–Crippen LogP) is 1.65. The first-order chi connectivity index (χ1) is 8.15. The smallest absolute Gasteiger partial charge is 0.144 e. The van der Waals surface area contributed by atoms with Crippen LogP contribution in [-0.2, 0) is 0 Å². The quantitative estimate of drug-likeness (QED) is 0.506. The number of fused-ring (bicyclic) bond motifs is 3. The number of hydrogen-bond donors (Lipinski definition) is 3. The molecule has 0 atom stereocenters. The summed E-state index contributed by atoms with van der Waals surface area (Å²) in [6.45, 7) is 0. The van der Waals surface area contributed by atoms with Crippen molar-refractivity contribution in [2.45, 2.75) is 0 Å². The van der Waals surface area contributed by atoms with Crippen LogP contribution in [0.25, 0.3) is 21.8 Å². The van der Waals surface area contributed by atoms with E-state index < -0.39 is 0 Å². The fourth-order valence-corrected chi connectivity index (χ4v) is 1.91. The van der Waals surface area contributed by atoms with Crippen LogP contribution >= 0.6 is 0 Å². The minimum Gasteiger partial charge on any atom is -0.506 e. The van der Waals surface area contributed by atoms with Crippen LogP contribution in [-0.4, -0.2) is 15.1 Å². The molecular weight excluding hydrogens is 216 g/mol. The third kappa shape index (κ3) is 1.40. The van der Waals surface area contributed by atoms with Gasteiger partial charge in [0.1, 0.15) is 22.9 Å². The van der Waals surface area contributed by atoms with Gasteiger partial charge in [-0.15, -0.1) is 0 Å². The summed E-state index contributed by atoms with van der Waals surface area (Å²) in [5, 5.41) is 11.6. The van der Waals surface area contributed by atoms with Crippen molar-refractivity contribution in [1.82, 2.24) is 9.97 Å². The van der Waals surface area contributed by atoms with E-state index >= 15 is 0 Å². The summed E-state index contributed by atoms with van der Waals surface area (Å²) in [5.41, 5.74) is 12.3. The maximum atomic E-state index is 9.89. The van der Waals surface area contributed by atoms with Gasteiger partial charge in [0, 0.05) is 16.8 Å². The molecule has 2 heterocycles. The van der Waals surface area contributed by atoms with Crippen molar-refractivity contribution in [2.75, 3.05) is 11.5 Å². The van der Waals surface area contributed by atoms with Crippen LogP contribution < -0.4 is 11.5 Å². The number of benzene rings is 1. The molecule has 0 aliphatic heterocycles. The Morgan fingerprint density at radius 2 is 1.53 bits per heavy atom. The number of phenolic OH excluding ortho intramolecular Hbond substituents is 1. The molecule has 0 bridgehead atoms. The molecule has 0 saturated heterocycles. The molecule has 0 spiro atoms. The Kier molecular flexibility index (Phi) is 1.82. The van der Waals surface area contributed by atoms with Gasteiger partial charge in [-0.1, -0.05) is 0 Å². The van der Waals surface area contributed by atoms with E-state index in [1.807, 2.05) is 12.1 Å². The van der Waals surface area contributed by atoms with Crippen LogP contribution in [0.3, 0.4) is 0 Å². The van der Waals surface area contributed by atoms with Gasteiger partial charge in [0.2, 0.25) is 0 Å². The van der Waals surface area contributed by atoms with E-state index in [0.29, 0.717) is 22.7 Å². The molecule has 0 amide bonds. The topological polar surface area (TPSA) is 98.0 Å². The zero-order chi connectivity index (χ0) is 12.0. The monoisotopic (exact) mass is 226 g/mol. The minimum absolute atomic E-state index is 0.0536. The average Bonchev–Trinajstić information content (AvgIpc) is 2.29. The average molecular weight is 226 g/mol. The molecule has 3 rings (SSSR count). The summed E-state index contributed by atoms with van der Waals surface area (Å²) in [7, 11) is 0. The molecule has 84 valence electrons. The minimum atomic E-state index is 0.0536. The van der Waals surface area contributed by atoms with E-state index in [1.54, 1.807) is 18.2 Å². The van der Waals surface area contributed by atoms with E-state index in [2.05, 4.69) is 9.97 Å². The number of nitrogens with two attached hydrogens (primary N) is 2. The zero-order valence-corrected chi connectivity index (χ0v) is 8.88. The molecule has 0 aliphatic carbocycles. The van der Waals surface area contributed by atoms with Gasteiger partial charge in [-0.2, -0.15) is 0 Å². The number of rotatable bonds is 0. The summed E-state index contributed by atoms with van der Waals surface area (Å²) < 4.78 is 0. The van der Waals surface area contributed by atoms with Gasteiger partial charge in [0.25, 0.3) is 0 Å². The highest BCUT2D eigenvalue weighted by molar-refractivity contribution is 6.08. The van der Waals surface area contributed by atoms with Crippen LogP contribution in [0.15, 0.2) is 30.3 Å². The normalized spacial score (nSPS) is 11.1. The predicted molar refractivity (Wildman–Crippen MR) is 67.5 cm³/mol. The Bertz CT molecular complexity index is 739. The molecule has 1 aromatic carbocycles. The maximum Gasteiger partial charge on any atom is 0.144 e. The van der Waals surface area contributed by atoms with Crippen LogP contribution in [0, 0.1) is 0 Å². The van der Waals surface area contributed by atoms with Crippen molar-refractivity contribution in [3.8, 4) is 5.75 Å². The molecule has 5 heteroatoms. The Balaban J connectivity index is 2.55. The fraction of sp³-hybridized carbons (Fsp3) is 0. The summed E-state index contributed by atoms with van der Waals surface area (Å²) in [6.07, 6.45) is 0. The number of phenols is 1. The lowest BCUT2D eigenvalue weighted by Gasteiger charge is -2.06. The Hall–Kier alpha value is -2.56. The number of anilines is 2. The molecule has 5 nitrogen and oxygen atoms in total. The SMILES string of the molecule is Nc1ccc2c(cc(O)c3nc(N)ccc32)n1. The molecule has 17 heavy (non-hydrogen) atoms. The second kappa shape index (κ2) is 3.21. The van der Waals surface area contributed by atoms with Gasteiger partial charge in [-0.25, -0.2) is 9.97 Å². The van der Waals surface area contributed by atoms with E-state index in [9.17, 15) is 5.11 Å². The molecule has 2 aromatic heterocycles. The van der Waals surface area contributed by atoms with Crippen LogP contribution in [0.1, 0.15) is 0 Å². The third-order valence-electron chi connectivity index (χ3n) is 2.67. The highest BCUT2D eigenvalue weighted by atomic mass is 16.3. The van der Waals surface area contributed by atoms with E-state index in [4.69, 9.17) is 11.5 Å². The van der Waals surface area contributed by atoms with Gasteiger partial charge in [0.05, 0.1) is 5.52 Å². The maximum absolute atomic E-state index is 9.89. The molecule has 0 saturated carbocycles. The highest BCUT2D eigenvalue weighted by Crippen LogP contribution is 2.31. The first-order valence-electron chi connectivity index (χ1n) is 5.09. The van der Waals surface area contributed by atoms with Gasteiger partial charge in [-0.3, -0.25) is 0 Å². The lowest BCUT2D eigenvalue weighted by atomic mass is 10.1. The zero-order valence-electron chi connectivity index (χ0n) is 8.88. The second-order valence-electron chi connectivity index (χ2n) is 3.83. The number of aromatic nitrogens is 2. The molecule has 0 aliphatic rings. The molecule has 0 radical (unpaired) electrons. The Morgan fingerprint density at radius 1 is 0.882 bits per heavy atom. The van der Waals surface area contributed by atoms with Gasteiger partial charge < -0.3 is 16.6 Å². The van der Waals surface area contributed by atoms with E-state index in [1.165, 1.54) is 0 Å². The summed E-state index contributed by atoms with van der Waals surface area (Å²) in [5.74, 6) is 0.841. The number of pyridine rings is 2. The number of nitrogens with zero attached hydrogens (tertiary/aromatic N) is 2. The number of aromatic hydroxyl groups is 1. The molecule has 0 unspecified atom stereocenters. The van der Waals surface area contributed by atoms with Crippen molar-refractivity contribution in [3.05, 3.63) is 30.3 Å². The van der Waals surface area contributed by atoms with Crippen LogP contribution in [0.5, 0.6) is 5.75 Å². The first-order valence-corrected chi connectivity index (χ1v) is 5.09. The van der Waals surface area contributed by atoms with Gasteiger partial charge >= 0.3 is 0 Å². The standard InChI is InChI=1S/C12H10N4O/c13-10-3-1-6-7-2-4-11(14)16-12(7)9(17)5-8(6)15-10/h1-5,17H,(H2,13,15)(H2,14,16). The van der Waals surface area contributed by atoms with Crippen molar-refractivity contribution < 1.29 is 5.11 Å². The lowest BCUT2D eigenvalue weighted by molar-refractivity contribution is 0.481. The highest BCUT2D eigenvalue weighted by Gasteiger charge is 2.08. The largest absolute Gasteiger partial charge is 0.506 e. The third-order valence-corrected chi connectivity index (χ3v) is 2.67. The van der Waals surface area contributed by atoms with Crippen molar-refractivity contribution in [3.63, 3.8) is 0 Å². The number of nitrogen functional groups attached to an aromatic ring is 2. The first kappa shape index (κ1) is 9.65. The van der Waals surface area contributed by atoms with E-state index in [0.717, 1.165) is 10.8 Å². The van der Waals surface area contributed by atoms with Crippen molar-refractivity contribution in [1.29, 1.82) is 0 Å². The molecule has 5 N–H and O–H groups in total. The van der Waals surface area contributed by atoms with Crippen LogP contribution in [0.4, 0.5) is 11.6 Å². The summed E-state index contributed by atoms with van der Waals surface area (Å²) >= 11 is 0. The Labute approximate surface area is 96.7 Å². The van der Waals surface area contributed by atoms with Gasteiger partial charge in [-0.05, 0) is 24.3 Å². The Morgan fingerprint density at radius 3 is 2.29 bits per heavy atom. The lowest BCUT2D eigenvalue weighted by Crippen LogP contribution is -1.93. The molecule has 0 fully saturated rings.